The van der Waals surface area contributed by atoms with Gasteiger partial charge in [0.15, 0.2) is 0 Å². The third kappa shape index (κ3) is 5.09. The van der Waals surface area contributed by atoms with E-state index in [0.717, 1.165) is 11.3 Å². The number of thioether (sulfide) groups is 1. The van der Waals surface area contributed by atoms with Crippen molar-refractivity contribution in [2.45, 2.75) is 12.3 Å². The highest BCUT2D eigenvalue weighted by Crippen LogP contribution is 2.19. The van der Waals surface area contributed by atoms with Crippen molar-refractivity contribution >= 4 is 29.3 Å². The number of nitrogens with zero attached hydrogens (tertiary/aromatic N) is 3. The molecule has 3 rings (SSSR count). The molecule has 0 bridgehead atoms. The van der Waals surface area contributed by atoms with Gasteiger partial charge in [-0.05, 0) is 29.8 Å². The van der Waals surface area contributed by atoms with Crippen molar-refractivity contribution in [3.05, 3.63) is 71.1 Å². The summed E-state index contributed by atoms with van der Waals surface area (Å²) in [6.45, 7) is 0.283. The molecule has 7 heteroatoms. The number of amides is 1. The molecule has 0 fully saturated rings. The minimum absolute atomic E-state index is 0.0252. The number of benzene rings is 2. The van der Waals surface area contributed by atoms with Crippen LogP contribution in [0.25, 0.3) is 11.4 Å². The van der Waals surface area contributed by atoms with Crippen molar-refractivity contribution in [3.63, 3.8) is 0 Å². The van der Waals surface area contributed by atoms with E-state index in [4.69, 9.17) is 16.1 Å². The lowest BCUT2D eigenvalue weighted by atomic mass is 10.2. The van der Waals surface area contributed by atoms with Crippen LogP contribution in [0.15, 0.2) is 59.1 Å². The summed E-state index contributed by atoms with van der Waals surface area (Å²) in [5.74, 6) is 2.12. The van der Waals surface area contributed by atoms with Gasteiger partial charge in [0.1, 0.15) is 0 Å². The number of halogens is 1. The van der Waals surface area contributed by atoms with Crippen molar-refractivity contribution in [2.24, 2.45) is 0 Å². The highest BCUT2D eigenvalue weighted by Gasteiger charge is 2.14. The van der Waals surface area contributed by atoms with E-state index >= 15 is 0 Å². The van der Waals surface area contributed by atoms with Crippen molar-refractivity contribution in [1.29, 1.82) is 0 Å². The van der Waals surface area contributed by atoms with Crippen LogP contribution in [-0.4, -0.2) is 33.7 Å². The van der Waals surface area contributed by atoms with Crippen LogP contribution in [0.2, 0.25) is 5.02 Å². The third-order valence-electron chi connectivity index (χ3n) is 3.71. The zero-order valence-corrected chi connectivity index (χ0v) is 15.8. The molecule has 0 N–H and O–H groups in total. The molecule has 3 aromatic rings. The van der Waals surface area contributed by atoms with Crippen LogP contribution < -0.4 is 0 Å². The summed E-state index contributed by atoms with van der Waals surface area (Å²) >= 11 is 7.46. The Bertz CT molecular complexity index is 853. The van der Waals surface area contributed by atoms with E-state index in [1.807, 2.05) is 30.3 Å². The van der Waals surface area contributed by atoms with E-state index < -0.39 is 0 Å². The minimum atomic E-state index is 0.0252. The summed E-state index contributed by atoms with van der Waals surface area (Å²) in [5.41, 5.74) is 2.02. The number of carbonyl (C=O) groups excluding carboxylic acids is 1. The number of carbonyl (C=O) groups is 1. The first-order chi connectivity index (χ1) is 12.6. The number of hydrogen-bond donors (Lipinski definition) is 0. The standard InChI is InChI=1S/C19H18ClN3O2S/c1-23(18(24)13-26-12-14-5-3-2-4-6-14)11-17-21-19(22-25-17)15-7-9-16(20)10-8-15/h2-10H,11-13H2,1H3. The lowest BCUT2D eigenvalue weighted by Gasteiger charge is -2.14. The normalized spacial score (nSPS) is 10.7. The fourth-order valence-electron chi connectivity index (χ4n) is 2.27. The summed E-state index contributed by atoms with van der Waals surface area (Å²) in [7, 11) is 1.73. The molecule has 1 heterocycles. The maximum absolute atomic E-state index is 12.3. The summed E-state index contributed by atoms with van der Waals surface area (Å²) < 4.78 is 5.25. The zero-order chi connectivity index (χ0) is 18.4. The average molecular weight is 388 g/mol. The molecule has 134 valence electrons. The molecule has 26 heavy (non-hydrogen) atoms. The highest BCUT2D eigenvalue weighted by molar-refractivity contribution is 7.99. The summed E-state index contributed by atoms with van der Waals surface area (Å²) in [6.07, 6.45) is 0. The molecule has 0 spiro atoms. The first-order valence-corrected chi connectivity index (χ1v) is 9.59. The van der Waals surface area contributed by atoms with Crippen LogP contribution in [0.5, 0.6) is 0 Å². The molecule has 0 aliphatic carbocycles. The van der Waals surface area contributed by atoms with Gasteiger partial charge < -0.3 is 9.42 Å². The van der Waals surface area contributed by atoms with Gasteiger partial charge in [-0.1, -0.05) is 47.1 Å². The van der Waals surface area contributed by atoms with Crippen LogP contribution in [0, 0.1) is 0 Å². The molecule has 0 radical (unpaired) electrons. The maximum Gasteiger partial charge on any atom is 0.246 e. The average Bonchev–Trinajstić information content (AvgIpc) is 3.11. The second-order valence-corrected chi connectivity index (χ2v) is 7.17. The Morgan fingerprint density at radius 2 is 1.88 bits per heavy atom. The summed E-state index contributed by atoms with van der Waals surface area (Å²) in [6, 6.07) is 17.3. The van der Waals surface area contributed by atoms with Crippen molar-refractivity contribution < 1.29 is 9.32 Å². The van der Waals surface area contributed by atoms with Gasteiger partial charge in [0.05, 0.1) is 12.3 Å². The molecule has 2 aromatic carbocycles. The first-order valence-electron chi connectivity index (χ1n) is 8.06. The van der Waals surface area contributed by atoms with Crippen molar-refractivity contribution in [2.75, 3.05) is 12.8 Å². The maximum atomic E-state index is 12.3. The predicted molar refractivity (Wildman–Crippen MR) is 104 cm³/mol. The van der Waals surface area contributed by atoms with Crippen LogP contribution in [0.3, 0.4) is 0 Å². The van der Waals surface area contributed by atoms with E-state index in [1.165, 1.54) is 5.56 Å². The van der Waals surface area contributed by atoms with Gasteiger partial charge in [-0.15, -0.1) is 11.8 Å². The molecular formula is C19H18ClN3O2S. The van der Waals surface area contributed by atoms with Gasteiger partial charge in [-0.25, -0.2) is 0 Å². The molecule has 0 aliphatic rings. The molecule has 0 atom stereocenters. The molecule has 1 amide bonds. The number of hydrogen-bond acceptors (Lipinski definition) is 5. The topological polar surface area (TPSA) is 59.2 Å². The summed E-state index contributed by atoms with van der Waals surface area (Å²) in [5, 5.41) is 4.61. The van der Waals surface area contributed by atoms with Crippen LogP contribution >= 0.6 is 23.4 Å². The van der Waals surface area contributed by atoms with E-state index in [1.54, 1.807) is 35.8 Å². The van der Waals surface area contributed by atoms with Gasteiger partial charge in [0.2, 0.25) is 17.6 Å². The number of rotatable bonds is 7. The SMILES string of the molecule is CN(Cc1nc(-c2ccc(Cl)cc2)no1)C(=O)CSCc1ccccc1. The molecule has 5 nitrogen and oxygen atoms in total. The molecule has 0 saturated carbocycles. The van der Waals surface area contributed by atoms with Crippen LogP contribution in [0.1, 0.15) is 11.5 Å². The van der Waals surface area contributed by atoms with Crippen molar-refractivity contribution in [3.8, 4) is 11.4 Å². The second-order valence-electron chi connectivity index (χ2n) is 5.75. The Morgan fingerprint density at radius 1 is 1.15 bits per heavy atom. The monoisotopic (exact) mass is 387 g/mol. The van der Waals surface area contributed by atoms with E-state index in [9.17, 15) is 4.79 Å². The quantitative estimate of drug-likeness (QED) is 0.605. The molecule has 0 aliphatic heterocycles. The fraction of sp³-hybridized carbons (Fsp3) is 0.211. The van der Waals surface area contributed by atoms with E-state index in [0.29, 0.717) is 22.5 Å². The lowest BCUT2D eigenvalue weighted by molar-refractivity contribution is -0.127. The van der Waals surface area contributed by atoms with Gasteiger partial charge in [0, 0.05) is 23.4 Å². The third-order valence-corrected chi connectivity index (χ3v) is 4.95. The predicted octanol–water partition coefficient (Wildman–Crippen LogP) is 4.28. The fourth-order valence-corrected chi connectivity index (χ4v) is 3.32. The Hall–Kier alpha value is -2.31. The van der Waals surface area contributed by atoms with Crippen LogP contribution in [-0.2, 0) is 17.1 Å². The number of aromatic nitrogens is 2. The summed E-state index contributed by atoms with van der Waals surface area (Å²) in [4.78, 5) is 18.2. The molecule has 0 saturated heterocycles. The van der Waals surface area contributed by atoms with E-state index in [-0.39, 0.29) is 12.5 Å². The van der Waals surface area contributed by atoms with Crippen molar-refractivity contribution in [1.82, 2.24) is 15.0 Å². The Balaban J connectivity index is 1.50. The molecule has 1 aromatic heterocycles. The molecular weight excluding hydrogens is 370 g/mol. The van der Waals surface area contributed by atoms with Gasteiger partial charge >= 0.3 is 0 Å². The zero-order valence-electron chi connectivity index (χ0n) is 14.3. The smallest absolute Gasteiger partial charge is 0.246 e. The Labute approximate surface area is 161 Å². The molecule has 0 unspecified atom stereocenters. The minimum Gasteiger partial charge on any atom is -0.337 e. The van der Waals surface area contributed by atoms with Gasteiger partial charge in [-0.3, -0.25) is 4.79 Å². The largest absolute Gasteiger partial charge is 0.337 e. The Kier molecular flexibility index (Phi) is 6.30. The van der Waals surface area contributed by atoms with Gasteiger partial charge in [0.25, 0.3) is 0 Å². The second kappa shape index (κ2) is 8.87. The highest BCUT2D eigenvalue weighted by atomic mass is 35.5. The van der Waals surface area contributed by atoms with Crippen LogP contribution in [0.4, 0.5) is 0 Å². The lowest BCUT2D eigenvalue weighted by Crippen LogP contribution is -2.28. The van der Waals surface area contributed by atoms with E-state index in [2.05, 4.69) is 22.3 Å². The first kappa shape index (κ1) is 18.5. The Morgan fingerprint density at radius 3 is 2.62 bits per heavy atom. The van der Waals surface area contributed by atoms with Gasteiger partial charge in [-0.2, -0.15) is 4.98 Å².